The van der Waals surface area contributed by atoms with E-state index in [1.165, 1.54) is 18.3 Å². The second kappa shape index (κ2) is 7.56. The van der Waals surface area contributed by atoms with Crippen molar-refractivity contribution in [3.8, 4) is 0 Å². The van der Waals surface area contributed by atoms with Gasteiger partial charge < -0.3 is 10.3 Å². The number of aromatic nitrogens is 1. The van der Waals surface area contributed by atoms with Gasteiger partial charge >= 0.3 is 0 Å². The predicted molar refractivity (Wildman–Crippen MR) is 84.4 cm³/mol. The molecule has 0 saturated heterocycles. The normalized spacial score (nSPS) is 10.2. The molecule has 114 valence electrons. The second-order valence-electron chi connectivity index (χ2n) is 4.73. The van der Waals surface area contributed by atoms with Crippen LogP contribution >= 0.6 is 11.6 Å². The standard InChI is InChI=1S/C16H15ClN2O3/c17-13-6-3-11(4-7-13)16(22)18-9-1-2-14(20)12-5-8-15(21)19-10-12/h3-8,10H,1-2,9H2,(H,18,22)(H,19,21). The summed E-state index contributed by atoms with van der Waals surface area (Å²) >= 11 is 5.75. The lowest BCUT2D eigenvalue weighted by Crippen LogP contribution is -2.24. The van der Waals surface area contributed by atoms with Gasteiger partial charge in [-0.15, -0.1) is 0 Å². The Labute approximate surface area is 132 Å². The Morgan fingerprint density at radius 3 is 2.36 bits per heavy atom. The number of carbonyl (C=O) groups is 2. The minimum Gasteiger partial charge on any atom is -0.352 e. The summed E-state index contributed by atoms with van der Waals surface area (Å²) in [6, 6.07) is 9.39. The van der Waals surface area contributed by atoms with Crippen molar-refractivity contribution in [2.45, 2.75) is 12.8 Å². The molecule has 0 spiro atoms. The molecule has 1 aromatic heterocycles. The van der Waals surface area contributed by atoms with E-state index in [1.807, 2.05) is 0 Å². The van der Waals surface area contributed by atoms with Gasteiger partial charge in [0.05, 0.1) is 0 Å². The maximum Gasteiger partial charge on any atom is 0.251 e. The molecule has 1 heterocycles. The largest absolute Gasteiger partial charge is 0.352 e. The van der Waals surface area contributed by atoms with E-state index in [-0.39, 0.29) is 17.2 Å². The number of Topliss-reactive ketones (excluding diaryl/α,β-unsaturated/α-hetero) is 1. The topological polar surface area (TPSA) is 79.0 Å². The number of aromatic amines is 1. The van der Waals surface area contributed by atoms with Gasteiger partial charge in [0.2, 0.25) is 5.56 Å². The predicted octanol–water partition coefficient (Wildman–Crippen LogP) is 2.42. The molecule has 0 unspecified atom stereocenters. The second-order valence-corrected chi connectivity index (χ2v) is 5.17. The van der Waals surface area contributed by atoms with Gasteiger partial charge in [0.15, 0.2) is 5.78 Å². The van der Waals surface area contributed by atoms with Crippen molar-refractivity contribution < 1.29 is 9.59 Å². The van der Waals surface area contributed by atoms with Gasteiger partial charge in [0.1, 0.15) is 0 Å². The molecule has 2 rings (SSSR count). The van der Waals surface area contributed by atoms with Crippen molar-refractivity contribution in [2.75, 3.05) is 6.54 Å². The number of pyridine rings is 1. The van der Waals surface area contributed by atoms with Crippen LogP contribution < -0.4 is 10.9 Å². The number of benzene rings is 1. The minimum atomic E-state index is -0.244. The lowest BCUT2D eigenvalue weighted by molar-refractivity contribution is 0.0938. The fourth-order valence-electron chi connectivity index (χ4n) is 1.88. The Morgan fingerprint density at radius 2 is 1.73 bits per heavy atom. The van der Waals surface area contributed by atoms with Crippen LogP contribution in [0.2, 0.25) is 5.02 Å². The average Bonchev–Trinajstić information content (AvgIpc) is 2.52. The molecule has 0 bridgehead atoms. The van der Waals surface area contributed by atoms with Crippen LogP contribution in [0.25, 0.3) is 0 Å². The molecule has 0 aliphatic carbocycles. The molecule has 0 atom stereocenters. The Kier molecular flexibility index (Phi) is 5.49. The highest BCUT2D eigenvalue weighted by atomic mass is 35.5. The monoisotopic (exact) mass is 318 g/mol. The molecule has 0 aliphatic rings. The smallest absolute Gasteiger partial charge is 0.251 e. The molecule has 5 nitrogen and oxygen atoms in total. The molecular weight excluding hydrogens is 304 g/mol. The maximum atomic E-state index is 11.9. The van der Waals surface area contributed by atoms with Crippen LogP contribution in [0.3, 0.4) is 0 Å². The van der Waals surface area contributed by atoms with Crippen LogP contribution in [0.4, 0.5) is 0 Å². The summed E-state index contributed by atoms with van der Waals surface area (Å²) in [6.07, 6.45) is 2.22. The maximum absolute atomic E-state index is 11.9. The number of H-pyrrole nitrogens is 1. The molecule has 0 saturated carbocycles. The van der Waals surface area contributed by atoms with Crippen molar-refractivity contribution in [3.05, 3.63) is 69.1 Å². The lowest BCUT2D eigenvalue weighted by atomic mass is 10.1. The molecule has 1 amide bonds. The van der Waals surface area contributed by atoms with Gasteiger partial charge in [-0.25, -0.2) is 0 Å². The van der Waals surface area contributed by atoms with E-state index < -0.39 is 0 Å². The Balaban J connectivity index is 1.76. The number of hydrogen-bond acceptors (Lipinski definition) is 3. The lowest BCUT2D eigenvalue weighted by Gasteiger charge is -2.05. The van der Waals surface area contributed by atoms with E-state index in [0.717, 1.165) is 0 Å². The Morgan fingerprint density at radius 1 is 1.05 bits per heavy atom. The third-order valence-corrected chi connectivity index (χ3v) is 3.33. The van der Waals surface area contributed by atoms with Gasteiger partial charge in [-0.1, -0.05) is 11.6 Å². The first-order valence-electron chi connectivity index (χ1n) is 6.82. The highest BCUT2D eigenvalue weighted by Gasteiger charge is 2.07. The molecule has 22 heavy (non-hydrogen) atoms. The molecule has 1 aromatic carbocycles. The number of amides is 1. The number of halogens is 1. The molecule has 0 radical (unpaired) electrons. The van der Waals surface area contributed by atoms with Crippen molar-refractivity contribution in [2.24, 2.45) is 0 Å². The van der Waals surface area contributed by atoms with E-state index in [1.54, 1.807) is 24.3 Å². The minimum absolute atomic E-state index is 0.0722. The summed E-state index contributed by atoms with van der Waals surface area (Å²) in [5.74, 6) is -0.273. The van der Waals surface area contributed by atoms with Crippen molar-refractivity contribution in [1.29, 1.82) is 0 Å². The average molecular weight is 319 g/mol. The number of carbonyl (C=O) groups excluding carboxylic acids is 2. The number of rotatable bonds is 6. The van der Waals surface area contributed by atoms with Crippen LogP contribution in [-0.2, 0) is 0 Å². The summed E-state index contributed by atoms with van der Waals surface area (Å²) in [7, 11) is 0. The van der Waals surface area contributed by atoms with E-state index in [4.69, 9.17) is 11.6 Å². The first-order valence-corrected chi connectivity index (χ1v) is 7.20. The fourth-order valence-corrected chi connectivity index (χ4v) is 2.01. The third kappa shape index (κ3) is 4.56. The number of hydrogen-bond donors (Lipinski definition) is 2. The molecule has 0 aliphatic heterocycles. The quantitative estimate of drug-likeness (QED) is 0.634. The first-order chi connectivity index (χ1) is 10.6. The van der Waals surface area contributed by atoms with Crippen LogP contribution in [0, 0.1) is 0 Å². The highest BCUT2D eigenvalue weighted by Crippen LogP contribution is 2.09. The highest BCUT2D eigenvalue weighted by molar-refractivity contribution is 6.30. The van der Waals surface area contributed by atoms with Gasteiger partial charge in [0.25, 0.3) is 5.91 Å². The van der Waals surface area contributed by atoms with Gasteiger partial charge in [-0.05, 0) is 36.8 Å². The van der Waals surface area contributed by atoms with Crippen molar-refractivity contribution >= 4 is 23.3 Å². The van der Waals surface area contributed by atoms with Crippen molar-refractivity contribution in [1.82, 2.24) is 10.3 Å². The number of ketones is 1. The zero-order chi connectivity index (χ0) is 15.9. The zero-order valence-corrected chi connectivity index (χ0v) is 12.5. The van der Waals surface area contributed by atoms with Crippen molar-refractivity contribution in [3.63, 3.8) is 0 Å². The fraction of sp³-hybridized carbons (Fsp3) is 0.188. The summed E-state index contributed by atoms with van der Waals surface area (Å²) in [5, 5.41) is 3.31. The molecule has 2 aromatic rings. The van der Waals surface area contributed by atoms with Gasteiger partial charge in [-0.3, -0.25) is 14.4 Å². The molecular formula is C16H15ClN2O3. The van der Waals surface area contributed by atoms with E-state index in [9.17, 15) is 14.4 Å². The Bertz CT molecular complexity index is 702. The summed E-state index contributed by atoms with van der Waals surface area (Å²) in [5.41, 5.74) is 0.742. The molecule has 2 N–H and O–H groups in total. The zero-order valence-electron chi connectivity index (χ0n) is 11.8. The first kappa shape index (κ1) is 16.0. The Hall–Kier alpha value is -2.40. The summed E-state index contributed by atoms with van der Waals surface area (Å²) in [4.78, 5) is 37.1. The number of nitrogens with one attached hydrogen (secondary N) is 2. The van der Waals surface area contributed by atoms with Gasteiger partial charge in [0, 0.05) is 41.4 Å². The summed E-state index contributed by atoms with van der Waals surface area (Å²) < 4.78 is 0. The molecule has 6 heteroatoms. The summed E-state index contributed by atoms with van der Waals surface area (Å²) in [6.45, 7) is 0.399. The SMILES string of the molecule is O=C(CCCNC(=O)c1ccc(Cl)cc1)c1ccc(=O)[nH]c1. The molecule has 0 fully saturated rings. The van der Waals surface area contributed by atoms with E-state index in [2.05, 4.69) is 10.3 Å². The van der Waals surface area contributed by atoms with Crippen LogP contribution in [-0.4, -0.2) is 23.2 Å². The van der Waals surface area contributed by atoms with Crippen LogP contribution in [0.15, 0.2) is 47.4 Å². The van der Waals surface area contributed by atoms with Crippen LogP contribution in [0.5, 0.6) is 0 Å². The van der Waals surface area contributed by atoms with Gasteiger partial charge in [-0.2, -0.15) is 0 Å². The van der Waals surface area contributed by atoms with E-state index in [0.29, 0.717) is 35.5 Å². The third-order valence-electron chi connectivity index (χ3n) is 3.08. The van der Waals surface area contributed by atoms with Crippen LogP contribution in [0.1, 0.15) is 33.6 Å². The van der Waals surface area contributed by atoms with E-state index >= 15 is 0 Å².